The van der Waals surface area contributed by atoms with Crippen LogP contribution >= 0.6 is 11.6 Å². The average Bonchev–Trinajstić information content (AvgIpc) is 3.14. The third-order valence-corrected chi connectivity index (χ3v) is 3.90. The lowest BCUT2D eigenvalue weighted by molar-refractivity contribution is -0.144. The molecule has 5 heteroatoms. The summed E-state index contributed by atoms with van der Waals surface area (Å²) in [5.41, 5.74) is 1.82. The molecule has 3 rings (SSSR count). The van der Waals surface area contributed by atoms with Gasteiger partial charge in [-0.1, -0.05) is 54.1 Å². The van der Waals surface area contributed by atoms with E-state index in [0.29, 0.717) is 11.6 Å². The van der Waals surface area contributed by atoms with Gasteiger partial charge in [0, 0.05) is 23.5 Å². The Balaban J connectivity index is 1.73. The summed E-state index contributed by atoms with van der Waals surface area (Å²) in [6.45, 7) is 0.479. The average molecular weight is 353 g/mol. The van der Waals surface area contributed by atoms with E-state index in [1.807, 2.05) is 53.2 Å². The maximum absolute atomic E-state index is 12.2. The van der Waals surface area contributed by atoms with Gasteiger partial charge in [0.25, 0.3) is 0 Å². The summed E-state index contributed by atoms with van der Waals surface area (Å²) in [6, 6.07) is 16.9. The van der Waals surface area contributed by atoms with E-state index in [9.17, 15) is 4.79 Å². The van der Waals surface area contributed by atoms with Gasteiger partial charge in [0.05, 0.1) is 12.9 Å². The van der Waals surface area contributed by atoms with Crippen LogP contribution in [0, 0.1) is 0 Å². The number of rotatable bonds is 6. The largest absolute Gasteiger partial charge is 0.452 e. The van der Waals surface area contributed by atoms with Gasteiger partial charge in [-0.25, -0.2) is 9.78 Å². The summed E-state index contributed by atoms with van der Waals surface area (Å²) < 4.78 is 7.52. The Morgan fingerprint density at radius 1 is 1.16 bits per heavy atom. The lowest BCUT2D eigenvalue weighted by Gasteiger charge is -2.18. The van der Waals surface area contributed by atoms with Gasteiger partial charge in [-0.3, -0.25) is 0 Å². The lowest BCUT2D eigenvalue weighted by atomic mass is 10.1. The van der Waals surface area contributed by atoms with Gasteiger partial charge in [-0.15, -0.1) is 0 Å². The maximum atomic E-state index is 12.2. The number of hydrogen-bond acceptors (Lipinski definition) is 3. The van der Waals surface area contributed by atoms with Crippen LogP contribution in [-0.4, -0.2) is 15.5 Å². The van der Waals surface area contributed by atoms with Crippen LogP contribution in [0.15, 0.2) is 79.4 Å². The predicted molar refractivity (Wildman–Crippen MR) is 98.0 cm³/mol. The summed E-state index contributed by atoms with van der Waals surface area (Å²) >= 11 is 5.95. The van der Waals surface area contributed by atoms with E-state index < -0.39 is 12.1 Å². The van der Waals surface area contributed by atoms with Crippen LogP contribution in [0.2, 0.25) is 5.02 Å². The summed E-state index contributed by atoms with van der Waals surface area (Å²) in [7, 11) is 0. The fourth-order valence-electron chi connectivity index (χ4n) is 2.38. The second kappa shape index (κ2) is 8.31. The van der Waals surface area contributed by atoms with Crippen LogP contribution in [0.4, 0.5) is 0 Å². The first-order chi connectivity index (χ1) is 12.2. The highest BCUT2D eigenvalue weighted by Gasteiger charge is 2.16. The number of carbonyl (C=O) groups is 1. The molecule has 3 aromatic rings. The zero-order valence-electron chi connectivity index (χ0n) is 13.5. The SMILES string of the molecule is O=C(C=Cc1ccccc1)OC(Cn1ccnc1)c1ccc(Cl)cc1. The third kappa shape index (κ3) is 5.06. The van der Waals surface area contributed by atoms with Crippen LogP contribution in [0.3, 0.4) is 0 Å². The summed E-state index contributed by atoms with van der Waals surface area (Å²) in [4.78, 5) is 16.3. The number of carbonyl (C=O) groups excluding carboxylic acids is 1. The van der Waals surface area contributed by atoms with Gasteiger partial charge < -0.3 is 9.30 Å². The number of ether oxygens (including phenoxy) is 1. The number of hydrogen-bond donors (Lipinski definition) is 0. The third-order valence-electron chi connectivity index (χ3n) is 3.65. The van der Waals surface area contributed by atoms with Gasteiger partial charge >= 0.3 is 5.97 Å². The van der Waals surface area contributed by atoms with E-state index >= 15 is 0 Å². The Morgan fingerprint density at radius 2 is 1.92 bits per heavy atom. The van der Waals surface area contributed by atoms with Crippen molar-refractivity contribution in [3.05, 3.63) is 95.5 Å². The molecule has 1 unspecified atom stereocenters. The predicted octanol–water partition coefficient (Wildman–Crippen LogP) is 4.53. The van der Waals surface area contributed by atoms with Crippen LogP contribution in [0.1, 0.15) is 17.2 Å². The first-order valence-corrected chi connectivity index (χ1v) is 8.23. The number of benzene rings is 2. The molecule has 0 aliphatic carbocycles. The molecule has 2 aromatic carbocycles. The Bertz CT molecular complexity index is 828. The minimum Gasteiger partial charge on any atom is -0.452 e. The van der Waals surface area contributed by atoms with Crippen LogP contribution < -0.4 is 0 Å². The quantitative estimate of drug-likeness (QED) is 0.483. The molecule has 1 heterocycles. The molecular weight excluding hydrogens is 336 g/mol. The number of halogens is 1. The number of aromatic nitrogens is 2. The monoisotopic (exact) mass is 352 g/mol. The first-order valence-electron chi connectivity index (χ1n) is 7.85. The summed E-state index contributed by atoms with van der Waals surface area (Å²) in [5.74, 6) is -0.399. The van der Waals surface area contributed by atoms with Crippen LogP contribution in [-0.2, 0) is 16.1 Å². The van der Waals surface area contributed by atoms with E-state index in [2.05, 4.69) is 4.98 Å². The molecule has 0 saturated heterocycles. The number of imidazole rings is 1. The number of esters is 1. The molecule has 0 radical (unpaired) electrons. The standard InChI is InChI=1S/C20H17ClN2O2/c21-18-9-7-17(8-10-18)19(14-23-13-12-22-15-23)25-20(24)11-6-16-4-2-1-3-5-16/h1-13,15,19H,14H2. The highest BCUT2D eigenvalue weighted by molar-refractivity contribution is 6.30. The second-order valence-corrected chi connectivity index (χ2v) is 5.92. The van der Waals surface area contributed by atoms with E-state index in [4.69, 9.17) is 16.3 Å². The first kappa shape index (κ1) is 17.0. The Hall–Kier alpha value is -2.85. The molecule has 126 valence electrons. The van der Waals surface area contributed by atoms with Crippen molar-refractivity contribution in [2.75, 3.05) is 0 Å². The molecule has 4 nitrogen and oxygen atoms in total. The van der Waals surface area contributed by atoms with Gasteiger partial charge in [-0.2, -0.15) is 0 Å². The van der Waals surface area contributed by atoms with Crippen LogP contribution in [0.5, 0.6) is 0 Å². The minimum absolute atomic E-state index is 0.399. The minimum atomic E-state index is -0.431. The molecule has 25 heavy (non-hydrogen) atoms. The fraction of sp³-hybridized carbons (Fsp3) is 0.100. The Morgan fingerprint density at radius 3 is 2.60 bits per heavy atom. The van der Waals surface area contributed by atoms with E-state index in [-0.39, 0.29) is 0 Å². The van der Waals surface area contributed by atoms with E-state index in [0.717, 1.165) is 11.1 Å². The highest BCUT2D eigenvalue weighted by Crippen LogP contribution is 2.22. The van der Waals surface area contributed by atoms with Crippen molar-refractivity contribution in [1.82, 2.24) is 9.55 Å². The molecule has 0 aliphatic heterocycles. The zero-order chi connectivity index (χ0) is 17.5. The van der Waals surface area contributed by atoms with Gasteiger partial charge in [0.2, 0.25) is 0 Å². The van der Waals surface area contributed by atoms with Crippen molar-refractivity contribution < 1.29 is 9.53 Å². The molecule has 1 aromatic heterocycles. The Kier molecular flexibility index (Phi) is 5.65. The smallest absolute Gasteiger partial charge is 0.331 e. The summed E-state index contributed by atoms with van der Waals surface area (Å²) in [5, 5.41) is 0.639. The van der Waals surface area contributed by atoms with Crippen molar-refractivity contribution in [3.8, 4) is 0 Å². The second-order valence-electron chi connectivity index (χ2n) is 5.48. The molecule has 0 fully saturated rings. The molecular formula is C20H17ClN2O2. The van der Waals surface area contributed by atoms with Crippen molar-refractivity contribution in [2.45, 2.75) is 12.6 Å². The maximum Gasteiger partial charge on any atom is 0.331 e. The van der Waals surface area contributed by atoms with Crippen molar-refractivity contribution >= 4 is 23.6 Å². The summed E-state index contributed by atoms with van der Waals surface area (Å²) in [6.07, 6.45) is 7.95. The molecule has 0 N–H and O–H groups in total. The normalized spacial score (nSPS) is 12.2. The van der Waals surface area contributed by atoms with Gasteiger partial charge in [0.15, 0.2) is 0 Å². The van der Waals surface area contributed by atoms with Crippen LogP contribution in [0.25, 0.3) is 6.08 Å². The van der Waals surface area contributed by atoms with Gasteiger partial charge in [-0.05, 0) is 29.3 Å². The number of nitrogens with zero attached hydrogens (tertiary/aromatic N) is 2. The van der Waals surface area contributed by atoms with E-state index in [1.165, 1.54) is 6.08 Å². The van der Waals surface area contributed by atoms with Crippen molar-refractivity contribution in [1.29, 1.82) is 0 Å². The molecule has 0 spiro atoms. The van der Waals surface area contributed by atoms with Crippen molar-refractivity contribution in [2.24, 2.45) is 0 Å². The topological polar surface area (TPSA) is 44.1 Å². The van der Waals surface area contributed by atoms with Gasteiger partial charge in [0.1, 0.15) is 6.10 Å². The molecule has 0 saturated carbocycles. The molecule has 1 atom stereocenters. The highest BCUT2D eigenvalue weighted by atomic mass is 35.5. The fourth-order valence-corrected chi connectivity index (χ4v) is 2.51. The zero-order valence-corrected chi connectivity index (χ0v) is 14.2. The van der Waals surface area contributed by atoms with E-state index in [1.54, 1.807) is 30.7 Å². The molecule has 0 amide bonds. The Labute approximate surface area is 151 Å². The molecule has 0 bridgehead atoms. The van der Waals surface area contributed by atoms with Crippen molar-refractivity contribution in [3.63, 3.8) is 0 Å². The molecule has 0 aliphatic rings. The lowest BCUT2D eigenvalue weighted by Crippen LogP contribution is -2.15.